The molecule has 0 bridgehead atoms. The number of carboxylic acid groups (broad SMARTS) is 1. The van der Waals surface area contributed by atoms with Gasteiger partial charge in [0.05, 0.1) is 5.92 Å². The van der Waals surface area contributed by atoms with E-state index < -0.39 is 11.9 Å². The molecule has 0 spiro atoms. The van der Waals surface area contributed by atoms with Crippen LogP contribution in [0.2, 0.25) is 0 Å². The molecule has 1 aromatic heterocycles. The smallest absolute Gasteiger partial charge is 0.308 e. The van der Waals surface area contributed by atoms with Gasteiger partial charge >= 0.3 is 5.97 Å². The molecule has 1 fully saturated rings. The molecule has 1 unspecified atom stereocenters. The molecule has 1 aliphatic heterocycles. The van der Waals surface area contributed by atoms with Gasteiger partial charge in [0.1, 0.15) is 5.69 Å². The second-order valence-electron chi connectivity index (χ2n) is 5.76. The first-order chi connectivity index (χ1) is 10.6. The molecule has 22 heavy (non-hydrogen) atoms. The first-order valence-electron chi connectivity index (χ1n) is 7.72. The Morgan fingerprint density at radius 2 is 2.09 bits per heavy atom. The minimum atomic E-state index is -0.812. The van der Waals surface area contributed by atoms with Crippen molar-refractivity contribution in [3.8, 4) is 0 Å². The molecule has 3 rings (SSSR count). The van der Waals surface area contributed by atoms with Gasteiger partial charge in [-0.1, -0.05) is 18.2 Å². The first-order valence-corrected chi connectivity index (χ1v) is 7.72. The minimum absolute atomic E-state index is 0.0657. The van der Waals surface area contributed by atoms with Gasteiger partial charge in [0.2, 0.25) is 0 Å². The van der Waals surface area contributed by atoms with E-state index in [0.29, 0.717) is 31.7 Å². The molecule has 5 nitrogen and oxygen atoms in total. The van der Waals surface area contributed by atoms with Crippen LogP contribution >= 0.6 is 0 Å². The first kappa shape index (κ1) is 14.6. The van der Waals surface area contributed by atoms with Crippen molar-refractivity contribution in [2.24, 2.45) is 5.92 Å². The molecule has 1 saturated heterocycles. The number of fused-ring (bicyclic) bond motifs is 1. The predicted molar refractivity (Wildman–Crippen MR) is 83.9 cm³/mol. The van der Waals surface area contributed by atoms with E-state index in [1.54, 1.807) is 4.90 Å². The van der Waals surface area contributed by atoms with Crippen LogP contribution in [0.15, 0.2) is 30.3 Å². The van der Waals surface area contributed by atoms with E-state index in [0.717, 1.165) is 17.3 Å². The molecule has 116 valence electrons. The molecule has 0 aliphatic carbocycles. The Morgan fingerprint density at radius 3 is 2.82 bits per heavy atom. The number of carbonyl (C=O) groups is 2. The Balaban J connectivity index is 1.93. The van der Waals surface area contributed by atoms with Crippen LogP contribution in [0.5, 0.6) is 0 Å². The Kier molecular flexibility index (Phi) is 3.88. The van der Waals surface area contributed by atoms with E-state index in [1.165, 1.54) is 0 Å². The van der Waals surface area contributed by atoms with Crippen molar-refractivity contribution in [1.29, 1.82) is 0 Å². The SMILES string of the molecule is CCn1c(C(=O)N2CCCC(C(=O)O)C2)cc2ccccc21. The van der Waals surface area contributed by atoms with E-state index >= 15 is 0 Å². The van der Waals surface area contributed by atoms with Crippen LogP contribution in [0, 0.1) is 5.92 Å². The van der Waals surface area contributed by atoms with E-state index in [1.807, 2.05) is 41.8 Å². The van der Waals surface area contributed by atoms with Gasteiger partial charge in [0, 0.05) is 30.5 Å². The third-order valence-electron chi connectivity index (χ3n) is 4.40. The number of piperidine rings is 1. The monoisotopic (exact) mass is 300 g/mol. The number of benzene rings is 1. The quantitative estimate of drug-likeness (QED) is 0.947. The average molecular weight is 300 g/mol. The number of nitrogens with zero attached hydrogens (tertiary/aromatic N) is 2. The van der Waals surface area contributed by atoms with Gasteiger partial charge in [-0.3, -0.25) is 9.59 Å². The van der Waals surface area contributed by atoms with Gasteiger partial charge in [-0.2, -0.15) is 0 Å². The van der Waals surface area contributed by atoms with E-state index in [2.05, 4.69) is 0 Å². The van der Waals surface area contributed by atoms with Crippen molar-refractivity contribution in [2.45, 2.75) is 26.3 Å². The fourth-order valence-electron chi connectivity index (χ4n) is 3.25. The van der Waals surface area contributed by atoms with Gasteiger partial charge in [0.15, 0.2) is 0 Å². The highest BCUT2D eigenvalue weighted by atomic mass is 16.4. The van der Waals surface area contributed by atoms with Gasteiger partial charge in [-0.15, -0.1) is 0 Å². The fourth-order valence-corrected chi connectivity index (χ4v) is 3.25. The van der Waals surface area contributed by atoms with E-state index in [9.17, 15) is 14.7 Å². The summed E-state index contributed by atoms with van der Waals surface area (Å²) in [5, 5.41) is 10.2. The Labute approximate surface area is 129 Å². The van der Waals surface area contributed by atoms with Crippen LogP contribution < -0.4 is 0 Å². The predicted octanol–water partition coefficient (Wildman–Crippen LogP) is 2.60. The molecule has 1 aliphatic rings. The molecule has 1 amide bonds. The normalized spacial score (nSPS) is 18.6. The highest BCUT2D eigenvalue weighted by Gasteiger charge is 2.30. The molecular weight excluding hydrogens is 280 g/mol. The standard InChI is InChI=1S/C17H20N2O3/c1-2-19-14-8-4-3-6-12(14)10-15(19)16(20)18-9-5-7-13(11-18)17(21)22/h3-4,6,8,10,13H,2,5,7,9,11H2,1H3,(H,21,22). The summed E-state index contributed by atoms with van der Waals surface area (Å²) in [4.78, 5) is 25.7. The van der Waals surface area contributed by atoms with Gasteiger partial charge in [-0.25, -0.2) is 0 Å². The summed E-state index contributed by atoms with van der Waals surface area (Å²) in [6.07, 6.45) is 1.39. The van der Waals surface area contributed by atoms with Crippen LogP contribution in [0.1, 0.15) is 30.3 Å². The molecule has 2 heterocycles. The maximum Gasteiger partial charge on any atom is 0.308 e. The number of likely N-dealkylation sites (tertiary alicyclic amines) is 1. The molecule has 0 saturated carbocycles. The number of hydrogen-bond donors (Lipinski definition) is 1. The molecule has 5 heteroatoms. The molecule has 2 aromatic rings. The summed E-state index contributed by atoms with van der Waals surface area (Å²) in [7, 11) is 0. The van der Waals surface area contributed by atoms with Crippen molar-refractivity contribution < 1.29 is 14.7 Å². The summed E-state index contributed by atoms with van der Waals surface area (Å²) in [6.45, 7) is 3.66. The number of aliphatic carboxylic acids is 1. The lowest BCUT2D eigenvalue weighted by Gasteiger charge is -2.30. The van der Waals surface area contributed by atoms with E-state index in [-0.39, 0.29) is 5.91 Å². The van der Waals surface area contributed by atoms with Crippen LogP contribution in [-0.2, 0) is 11.3 Å². The maximum atomic E-state index is 12.8. The van der Waals surface area contributed by atoms with Crippen molar-refractivity contribution in [3.63, 3.8) is 0 Å². The van der Waals surface area contributed by atoms with Crippen molar-refractivity contribution in [1.82, 2.24) is 9.47 Å². The number of rotatable bonds is 3. The lowest BCUT2D eigenvalue weighted by atomic mass is 9.98. The third-order valence-corrected chi connectivity index (χ3v) is 4.40. The molecule has 1 aromatic carbocycles. The van der Waals surface area contributed by atoms with Crippen LogP contribution in [0.3, 0.4) is 0 Å². The summed E-state index contributed by atoms with van der Waals surface area (Å²) in [5.41, 5.74) is 1.69. The summed E-state index contributed by atoms with van der Waals surface area (Å²) >= 11 is 0. The number of carbonyl (C=O) groups excluding carboxylic acids is 1. The Morgan fingerprint density at radius 1 is 1.32 bits per heavy atom. The fraction of sp³-hybridized carbons (Fsp3) is 0.412. The zero-order valence-electron chi connectivity index (χ0n) is 12.7. The highest BCUT2D eigenvalue weighted by Crippen LogP contribution is 2.23. The summed E-state index contributed by atoms with van der Waals surface area (Å²) in [6, 6.07) is 9.83. The minimum Gasteiger partial charge on any atom is -0.481 e. The maximum absolute atomic E-state index is 12.8. The van der Waals surface area contributed by atoms with Crippen molar-refractivity contribution >= 4 is 22.8 Å². The van der Waals surface area contributed by atoms with Crippen molar-refractivity contribution in [2.75, 3.05) is 13.1 Å². The van der Waals surface area contributed by atoms with Gasteiger partial charge < -0.3 is 14.6 Å². The Hall–Kier alpha value is -2.30. The largest absolute Gasteiger partial charge is 0.481 e. The number of amides is 1. The number of carboxylic acids is 1. The molecule has 1 N–H and O–H groups in total. The topological polar surface area (TPSA) is 62.5 Å². The molecular formula is C17H20N2O3. The van der Waals surface area contributed by atoms with Gasteiger partial charge in [0.25, 0.3) is 5.91 Å². The second-order valence-corrected chi connectivity index (χ2v) is 5.76. The second kappa shape index (κ2) is 5.83. The van der Waals surface area contributed by atoms with Crippen LogP contribution in [0.4, 0.5) is 0 Å². The number of aryl methyl sites for hydroxylation is 1. The van der Waals surface area contributed by atoms with Crippen LogP contribution in [0.25, 0.3) is 10.9 Å². The lowest BCUT2D eigenvalue weighted by Crippen LogP contribution is -2.42. The molecule has 0 radical (unpaired) electrons. The molecule has 1 atom stereocenters. The zero-order valence-corrected chi connectivity index (χ0v) is 12.7. The van der Waals surface area contributed by atoms with Crippen LogP contribution in [-0.4, -0.2) is 39.5 Å². The Bertz CT molecular complexity index is 720. The van der Waals surface area contributed by atoms with E-state index in [4.69, 9.17) is 0 Å². The number of aromatic nitrogens is 1. The summed E-state index contributed by atoms with van der Waals surface area (Å²) < 4.78 is 2.00. The van der Waals surface area contributed by atoms with Crippen molar-refractivity contribution in [3.05, 3.63) is 36.0 Å². The number of para-hydroxylation sites is 1. The lowest BCUT2D eigenvalue weighted by molar-refractivity contribution is -0.143. The highest BCUT2D eigenvalue weighted by molar-refractivity contribution is 5.99. The van der Waals surface area contributed by atoms with Gasteiger partial charge in [-0.05, 0) is 31.9 Å². The third kappa shape index (κ3) is 2.47. The average Bonchev–Trinajstić information content (AvgIpc) is 2.92. The number of hydrogen-bond acceptors (Lipinski definition) is 2. The zero-order chi connectivity index (χ0) is 15.7. The summed E-state index contributed by atoms with van der Waals surface area (Å²) in [5.74, 6) is -1.32.